The van der Waals surface area contributed by atoms with Gasteiger partial charge in [0.15, 0.2) is 0 Å². The zero-order valence-electron chi connectivity index (χ0n) is 12.5. The van der Waals surface area contributed by atoms with Crippen LogP contribution in [0.15, 0.2) is 0 Å². The van der Waals surface area contributed by atoms with E-state index in [0.29, 0.717) is 25.3 Å². The molecule has 1 aliphatic rings. The highest BCUT2D eigenvalue weighted by Gasteiger charge is 2.44. The first-order valence-electron chi connectivity index (χ1n) is 7.18. The Balaban J connectivity index is 2.60. The largest absolute Gasteiger partial charge is 0.392 e. The van der Waals surface area contributed by atoms with Gasteiger partial charge in [-0.2, -0.15) is 0 Å². The zero-order valence-corrected chi connectivity index (χ0v) is 13.3. The Morgan fingerprint density at radius 2 is 1.80 bits per heavy atom. The number of carbonyl (C=O) groups is 2. The van der Waals surface area contributed by atoms with Crippen molar-refractivity contribution in [3.63, 3.8) is 0 Å². The molecule has 1 saturated carbocycles. The predicted molar refractivity (Wildman–Crippen MR) is 83.1 cm³/mol. The van der Waals surface area contributed by atoms with E-state index in [1.165, 1.54) is 0 Å². The summed E-state index contributed by atoms with van der Waals surface area (Å²) in [4.78, 5) is 24.5. The lowest BCUT2D eigenvalue weighted by molar-refractivity contribution is -0.132. The molecule has 0 spiro atoms. The highest BCUT2D eigenvalue weighted by atomic mass is 32.1. The van der Waals surface area contributed by atoms with Gasteiger partial charge in [-0.15, -0.1) is 0 Å². The number of hydrogen-bond donors (Lipinski definition) is 3. The van der Waals surface area contributed by atoms with Gasteiger partial charge in [0.2, 0.25) is 11.8 Å². The number of nitrogens with two attached hydrogens (primary N) is 1. The summed E-state index contributed by atoms with van der Waals surface area (Å²) in [5.74, 6) is -0.0162. The van der Waals surface area contributed by atoms with E-state index >= 15 is 0 Å². The van der Waals surface area contributed by atoms with E-state index in [2.05, 4.69) is 10.6 Å². The Bertz CT molecular complexity index is 390. The number of nitrogens with one attached hydrogen (secondary N) is 2. The van der Waals surface area contributed by atoms with Crippen molar-refractivity contribution in [1.82, 2.24) is 10.6 Å². The van der Waals surface area contributed by atoms with Crippen LogP contribution in [-0.2, 0) is 9.59 Å². The van der Waals surface area contributed by atoms with E-state index in [0.717, 1.165) is 12.8 Å². The van der Waals surface area contributed by atoms with Crippen molar-refractivity contribution in [1.29, 1.82) is 0 Å². The molecule has 0 aromatic heterocycles. The number of rotatable bonds is 6. The molecular formula is C14H25N3O2S. The highest BCUT2D eigenvalue weighted by molar-refractivity contribution is 7.80. The second-order valence-electron chi connectivity index (χ2n) is 5.99. The predicted octanol–water partition coefficient (Wildman–Crippen LogP) is 1.11. The molecule has 0 saturated heterocycles. The van der Waals surface area contributed by atoms with Gasteiger partial charge in [0.05, 0.1) is 10.4 Å². The van der Waals surface area contributed by atoms with Gasteiger partial charge in [-0.1, -0.05) is 38.9 Å². The Morgan fingerprint density at radius 3 is 2.25 bits per heavy atom. The molecule has 2 amide bonds. The minimum absolute atomic E-state index is 0.178. The molecule has 6 heteroatoms. The number of hydrogen-bond acceptors (Lipinski definition) is 3. The normalized spacial score (nSPS) is 18.6. The fourth-order valence-corrected chi connectivity index (χ4v) is 2.72. The van der Waals surface area contributed by atoms with Gasteiger partial charge < -0.3 is 16.4 Å². The highest BCUT2D eigenvalue weighted by Crippen LogP contribution is 2.38. The molecule has 0 heterocycles. The second kappa shape index (κ2) is 7.02. The maximum Gasteiger partial charge on any atom is 0.242 e. The molecule has 0 radical (unpaired) electrons. The summed E-state index contributed by atoms with van der Waals surface area (Å²) in [6.45, 7) is 6.31. The molecule has 1 rings (SSSR count). The summed E-state index contributed by atoms with van der Waals surface area (Å²) in [7, 11) is 0. The summed E-state index contributed by atoms with van der Waals surface area (Å²) in [5, 5.41) is 5.55. The number of thiocarbonyl (C=S) groups is 1. The van der Waals surface area contributed by atoms with Crippen molar-refractivity contribution in [3.05, 3.63) is 0 Å². The van der Waals surface area contributed by atoms with Gasteiger partial charge in [-0.05, 0) is 25.7 Å². The van der Waals surface area contributed by atoms with Crippen LogP contribution < -0.4 is 16.4 Å². The average Bonchev–Trinajstić information content (AvgIpc) is 2.86. The summed E-state index contributed by atoms with van der Waals surface area (Å²) >= 11 is 5.06. The minimum Gasteiger partial charge on any atom is -0.392 e. The maximum atomic E-state index is 12.4. The number of amides is 2. The molecule has 1 atom stereocenters. The van der Waals surface area contributed by atoms with E-state index in [1.54, 1.807) is 6.92 Å². The standard InChI is InChI=1S/C14H25N3O2S/c1-9(2)8-16-11(18)10(3)17-13(19)14(12(15)20)6-4-5-7-14/h9-10H,4-8H2,1-3H3,(H2,15,20)(H,16,18)(H,17,19). The molecule has 0 bridgehead atoms. The van der Waals surface area contributed by atoms with Crippen molar-refractivity contribution in [2.24, 2.45) is 17.1 Å². The average molecular weight is 299 g/mol. The minimum atomic E-state index is -0.762. The van der Waals surface area contributed by atoms with Gasteiger partial charge in [0, 0.05) is 6.54 Å². The lowest BCUT2D eigenvalue weighted by atomic mass is 9.85. The Hall–Kier alpha value is -1.17. The lowest BCUT2D eigenvalue weighted by Crippen LogP contribution is -2.53. The third kappa shape index (κ3) is 3.91. The van der Waals surface area contributed by atoms with Crippen molar-refractivity contribution < 1.29 is 9.59 Å². The van der Waals surface area contributed by atoms with Gasteiger partial charge in [-0.25, -0.2) is 0 Å². The van der Waals surface area contributed by atoms with Gasteiger partial charge in [-0.3, -0.25) is 9.59 Å². The first-order chi connectivity index (χ1) is 9.29. The van der Waals surface area contributed by atoms with Gasteiger partial charge in [0.25, 0.3) is 0 Å². The third-order valence-electron chi connectivity index (χ3n) is 3.79. The summed E-state index contributed by atoms with van der Waals surface area (Å²) in [6.07, 6.45) is 3.24. The van der Waals surface area contributed by atoms with Crippen LogP contribution in [0.5, 0.6) is 0 Å². The fraction of sp³-hybridized carbons (Fsp3) is 0.786. The van der Waals surface area contributed by atoms with E-state index < -0.39 is 11.5 Å². The molecule has 20 heavy (non-hydrogen) atoms. The molecule has 1 fully saturated rings. The molecule has 4 N–H and O–H groups in total. The van der Waals surface area contributed by atoms with Crippen molar-refractivity contribution in [2.75, 3.05) is 6.54 Å². The third-order valence-corrected chi connectivity index (χ3v) is 4.18. The summed E-state index contributed by atoms with van der Waals surface area (Å²) in [5.41, 5.74) is 4.99. The smallest absolute Gasteiger partial charge is 0.242 e. The van der Waals surface area contributed by atoms with Crippen LogP contribution >= 0.6 is 12.2 Å². The van der Waals surface area contributed by atoms with Crippen molar-refractivity contribution in [2.45, 2.75) is 52.5 Å². The molecule has 1 aliphatic carbocycles. The van der Waals surface area contributed by atoms with Crippen LogP contribution in [-0.4, -0.2) is 29.4 Å². The first-order valence-corrected chi connectivity index (χ1v) is 7.59. The topological polar surface area (TPSA) is 84.2 Å². The van der Waals surface area contributed by atoms with Crippen LogP contribution in [0.25, 0.3) is 0 Å². The zero-order chi connectivity index (χ0) is 15.3. The quantitative estimate of drug-likeness (QED) is 0.642. The fourth-order valence-electron chi connectivity index (χ4n) is 2.42. The molecule has 5 nitrogen and oxygen atoms in total. The van der Waals surface area contributed by atoms with Crippen molar-refractivity contribution >= 4 is 29.0 Å². The Kier molecular flexibility index (Phi) is 5.92. The molecule has 114 valence electrons. The molecule has 0 aromatic carbocycles. The summed E-state index contributed by atoms with van der Waals surface area (Å²) in [6, 6.07) is -0.576. The van der Waals surface area contributed by atoms with E-state index in [-0.39, 0.29) is 16.8 Å². The van der Waals surface area contributed by atoms with Crippen LogP contribution in [0.1, 0.15) is 46.5 Å². The first kappa shape index (κ1) is 16.9. The molecule has 0 aromatic rings. The lowest BCUT2D eigenvalue weighted by Gasteiger charge is -2.28. The maximum absolute atomic E-state index is 12.4. The number of carbonyl (C=O) groups excluding carboxylic acids is 2. The Morgan fingerprint density at radius 1 is 1.25 bits per heavy atom. The van der Waals surface area contributed by atoms with E-state index in [4.69, 9.17) is 18.0 Å². The van der Waals surface area contributed by atoms with Gasteiger partial charge >= 0.3 is 0 Å². The second-order valence-corrected chi connectivity index (χ2v) is 6.43. The monoisotopic (exact) mass is 299 g/mol. The van der Waals surface area contributed by atoms with Crippen LogP contribution in [0.3, 0.4) is 0 Å². The van der Waals surface area contributed by atoms with Gasteiger partial charge in [0.1, 0.15) is 6.04 Å². The molecule has 0 aliphatic heterocycles. The molecular weight excluding hydrogens is 274 g/mol. The van der Waals surface area contributed by atoms with E-state index in [9.17, 15) is 9.59 Å². The van der Waals surface area contributed by atoms with Crippen LogP contribution in [0.4, 0.5) is 0 Å². The Labute approximate surface area is 126 Å². The summed E-state index contributed by atoms with van der Waals surface area (Å²) < 4.78 is 0. The molecule has 1 unspecified atom stereocenters. The van der Waals surface area contributed by atoms with Crippen molar-refractivity contribution in [3.8, 4) is 0 Å². The SMILES string of the molecule is CC(C)CNC(=O)C(C)NC(=O)C1(C(N)=S)CCCC1. The van der Waals surface area contributed by atoms with Crippen LogP contribution in [0.2, 0.25) is 0 Å². The van der Waals surface area contributed by atoms with Crippen LogP contribution in [0, 0.1) is 11.3 Å². The van der Waals surface area contributed by atoms with E-state index in [1.807, 2.05) is 13.8 Å².